The van der Waals surface area contributed by atoms with Gasteiger partial charge in [0.25, 0.3) is 0 Å². The first kappa shape index (κ1) is 17.9. The number of nitrogens with zero attached hydrogens (tertiary/aromatic N) is 3. The summed E-state index contributed by atoms with van der Waals surface area (Å²) in [6.45, 7) is 9.79. The molecule has 2 N–H and O–H groups in total. The van der Waals surface area contributed by atoms with Crippen LogP contribution in [-0.2, 0) is 11.2 Å². The Kier molecular flexibility index (Phi) is 7.52. The maximum absolute atomic E-state index is 12.6. The Morgan fingerprint density at radius 1 is 1.09 bits per heavy atom. The molecule has 1 aromatic rings. The fourth-order valence-electron chi connectivity index (χ4n) is 2.98. The van der Waals surface area contributed by atoms with Crippen molar-refractivity contribution in [3.05, 3.63) is 35.9 Å². The number of hydrogen-bond donors (Lipinski definition) is 1. The van der Waals surface area contributed by atoms with Crippen LogP contribution < -0.4 is 5.73 Å². The van der Waals surface area contributed by atoms with Gasteiger partial charge in [0.05, 0.1) is 6.54 Å². The van der Waals surface area contributed by atoms with Gasteiger partial charge in [-0.2, -0.15) is 0 Å². The molecule has 1 amide bonds. The van der Waals surface area contributed by atoms with Gasteiger partial charge in [-0.25, -0.2) is 0 Å². The summed E-state index contributed by atoms with van der Waals surface area (Å²) in [5, 5.41) is 0. The lowest BCUT2D eigenvalue weighted by Gasteiger charge is -2.34. The standard InChI is InChI=1S/C18H30N4O/c1-2-20-12-14-21(15-13-20)16-18(23)22(11-9-19)10-8-17-6-4-3-5-7-17/h3-7H,2,8-16,19H2,1H3. The molecule has 0 atom stereocenters. The highest BCUT2D eigenvalue weighted by Crippen LogP contribution is 2.05. The minimum absolute atomic E-state index is 0.205. The lowest BCUT2D eigenvalue weighted by atomic mass is 10.1. The van der Waals surface area contributed by atoms with E-state index >= 15 is 0 Å². The van der Waals surface area contributed by atoms with Crippen molar-refractivity contribution in [2.24, 2.45) is 5.73 Å². The average Bonchev–Trinajstić information content (AvgIpc) is 2.60. The van der Waals surface area contributed by atoms with Crippen LogP contribution in [0.3, 0.4) is 0 Å². The van der Waals surface area contributed by atoms with E-state index in [4.69, 9.17) is 5.73 Å². The zero-order valence-electron chi connectivity index (χ0n) is 14.3. The molecule has 5 nitrogen and oxygen atoms in total. The fraction of sp³-hybridized carbons (Fsp3) is 0.611. The summed E-state index contributed by atoms with van der Waals surface area (Å²) in [5.74, 6) is 0.205. The topological polar surface area (TPSA) is 52.8 Å². The third kappa shape index (κ3) is 5.94. The molecule has 1 fully saturated rings. The number of carbonyl (C=O) groups excluding carboxylic acids is 1. The molecule has 0 radical (unpaired) electrons. The third-order valence-corrected chi connectivity index (χ3v) is 4.54. The zero-order valence-corrected chi connectivity index (χ0v) is 14.3. The minimum Gasteiger partial charge on any atom is -0.340 e. The second-order valence-corrected chi connectivity index (χ2v) is 6.12. The highest BCUT2D eigenvalue weighted by Gasteiger charge is 2.20. The Hall–Kier alpha value is -1.43. The van der Waals surface area contributed by atoms with Crippen LogP contribution in [0.1, 0.15) is 12.5 Å². The van der Waals surface area contributed by atoms with Crippen LogP contribution in [0.15, 0.2) is 30.3 Å². The van der Waals surface area contributed by atoms with E-state index < -0.39 is 0 Å². The number of amides is 1. The van der Waals surface area contributed by atoms with Crippen LogP contribution in [-0.4, -0.2) is 79.5 Å². The molecular formula is C18H30N4O. The highest BCUT2D eigenvalue weighted by molar-refractivity contribution is 5.78. The molecule has 0 bridgehead atoms. The van der Waals surface area contributed by atoms with Crippen LogP contribution in [0.4, 0.5) is 0 Å². The van der Waals surface area contributed by atoms with Gasteiger partial charge in [-0.1, -0.05) is 37.3 Å². The van der Waals surface area contributed by atoms with Gasteiger partial charge in [0, 0.05) is 45.8 Å². The molecule has 1 aromatic carbocycles. The summed E-state index contributed by atoms with van der Waals surface area (Å²) in [7, 11) is 0. The van der Waals surface area contributed by atoms with Gasteiger partial charge in [0.15, 0.2) is 0 Å². The first-order valence-electron chi connectivity index (χ1n) is 8.69. The number of piperazine rings is 1. The smallest absolute Gasteiger partial charge is 0.236 e. The van der Waals surface area contributed by atoms with Gasteiger partial charge in [0.1, 0.15) is 0 Å². The summed E-state index contributed by atoms with van der Waals surface area (Å²) in [4.78, 5) is 19.2. The molecule has 0 saturated carbocycles. The largest absolute Gasteiger partial charge is 0.340 e. The van der Waals surface area contributed by atoms with Crippen molar-refractivity contribution in [1.82, 2.24) is 14.7 Å². The SMILES string of the molecule is CCN1CCN(CC(=O)N(CCN)CCc2ccccc2)CC1. The van der Waals surface area contributed by atoms with E-state index in [1.54, 1.807) is 0 Å². The van der Waals surface area contributed by atoms with Gasteiger partial charge < -0.3 is 15.5 Å². The Morgan fingerprint density at radius 3 is 2.35 bits per heavy atom. The van der Waals surface area contributed by atoms with Gasteiger partial charge in [-0.15, -0.1) is 0 Å². The first-order chi connectivity index (χ1) is 11.2. The summed E-state index contributed by atoms with van der Waals surface area (Å²) in [5.41, 5.74) is 6.95. The van der Waals surface area contributed by atoms with Crippen LogP contribution >= 0.6 is 0 Å². The Bertz CT molecular complexity index is 457. The van der Waals surface area contributed by atoms with Crippen LogP contribution in [0, 0.1) is 0 Å². The summed E-state index contributed by atoms with van der Waals surface area (Å²) >= 11 is 0. The van der Waals surface area contributed by atoms with Crippen LogP contribution in [0.25, 0.3) is 0 Å². The predicted octanol–water partition coefficient (Wildman–Crippen LogP) is 0.654. The predicted molar refractivity (Wildman–Crippen MR) is 94.3 cm³/mol. The average molecular weight is 318 g/mol. The molecule has 1 saturated heterocycles. The molecule has 128 valence electrons. The van der Waals surface area contributed by atoms with E-state index in [1.165, 1.54) is 5.56 Å². The van der Waals surface area contributed by atoms with E-state index in [1.807, 2.05) is 23.1 Å². The van der Waals surface area contributed by atoms with Gasteiger partial charge in [-0.05, 0) is 18.5 Å². The molecule has 1 aliphatic heterocycles. The summed E-state index contributed by atoms with van der Waals surface area (Å²) < 4.78 is 0. The minimum atomic E-state index is 0.205. The fourth-order valence-corrected chi connectivity index (χ4v) is 2.98. The molecule has 0 aliphatic carbocycles. The van der Waals surface area contributed by atoms with Crippen molar-refractivity contribution in [2.45, 2.75) is 13.3 Å². The molecule has 0 spiro atoms. The van der Waals surface area contributed by atoms with E-state index in [-0.39, 0.29) is 5.91 Å². The summed E-state index contributed by atoms with van der Waals surface area (Å²) in [6.07, 6.45) is 0.885. The maximum Gasteiger partial charge on any atom is 0.236 e. The van der Waals surface area contributed by atoms with Gasteiger partial charge in [0.2, 0.25) is 5.91 Å². The second-order valence-electron chi connectivity index (χ2n) is 6.12. The Balaban J connectivity index is 1.81. The number of rotatable bonds is 8. The Morgan fingerprint density at radius 2 is 1.74 bits per heavy atom. The third-order valence-electron chi connectivity index (χ3n) is 4.54. The summed E-state index contributed by atoms with van der Waals surface area (Å²) in [6, 6.07) is 10.3. The van der Waals surface area contributed by atoms with Crippen molar-refractivity contribution >= 4 is 5.91 Å². The van der Waals surface area contributed by atoms with Crippen molar-refractivity contribution in [1.29, 1.82) is 0 Å². The maximum atomic E-state index is 12.6. The molecule has 0 unspecified atom stereocenters. The molecule has 1 aliphatic rings. The van der Waals surface area contributed by atoms with Crippen LogP contribution in [0.5, 0.6) is 0 Å². The molecule has 5 heteroatoms. The van der Waals surface area contributed by atoms with Gasteiger partial charge >= 0.3 is 0 Å². The van der Waals surface area contributed by atoms with E-state index in [9.17, 15) is 4.79 Å². The molecular weight excluding hydrogens is 288 g/mol. The highest BCUT2D eigenvalue weighted by atomic mass is 16.2. The van der Waals surface area contributed by atoms with E-state index in [0.29, 0.717) is 19.6 Å². The molecule has 1 heterocycles. The monoisotopic (exact) mass is 318 g/mol. The van der Waals surface area contributed by atoms with E-state index in [2.05, 4.69) is 28.9 Å². The first-order valence-corrected chi connectivity index (χ1v) is 8.69. The molecule has 23 heavy (non-hydrogen) atoms. The zero-order chi connectivity index (χ0) is 16.5. The van der Waals surface area contributed by atoms with E-state index in [0.717, 1.165) is 45.7 Å². The lowest BCUT2D eigenvalue weighted by Crippen LogP contribution is -2.50. The van der Waals surface area contributed by atoms with Gasteiger partial charge in [-0.3, -0.25) is 9.69 Å². The number of nitrogens with two attached hydrogens (primary N) is 1. The number of carbonyl (C=O) groups is 1. The second kappa shape index (κ2) is 9.65. The van der Waals surface area contributed by atoms with Crippen molar-refractivity contribution in [3.8, 4) is 0 Å². The van der Waals surface area contributed by atoms with Crippen LogP contribution in [0.2, 0.25) is 0 Å². The number of benzene rings is 1. The number of likely N-dealkylation sites (N-methyl/N-ethyl adjacent to an activating group) is 1. The van der Waals surface area contributed by atoms with Crippen molar-refractivity contribution in [2.75, 3.05) is 58.9 Å². The Labute approximate surface area is 140 Å². The lowest BCUT2D eigenvalue weighted by molar-refractivity contribution is -0.132. The normalized spacial score (nSPS) is 16.4. The van der Waals surface area contributed by atoms with Crippen molar-refractivity contribution < 1.29 is 4.79 Å². The molecule has 0 aromatic heterocycles. The quantitative estimate of drug-likeness (QED) is 0.765. The number of hydrogen-bond acceptors (Lipinski definition) is 4. The van der Waals surface area contributed by atoms with Crippen molar-refractivity contribution in [3.63, 3.8) is 0 Å². The molecule has 2 rings (SSSR count).